The van der Waals surface area contributed by atoms with Gasteiger partial charge in [0.1, 0.15) is 6.04 Å². The van der Waals surface area contributed by atoms with Crippen LogP contribution < -0.4 is 26.6 Å². The molecule has 216 valence electrons. The molecular weight excluding hydrogens is 518 g/mol. The number of amides is 4. The molecule has 0 radical (unpaired) electrons. The Morgan fingerprint density at radius 1 is 1.05 bits per heavy atom. The Bertz CT molecular complexity index is 1390. The highest BCUT2D eigenvalue weighted by atomic mass is 16.3. The second kappa shape index (κ2) is 13.0. The molecule has 1 aliphatic heterocycles. The normalized spacial score (nSPS) is 16.0. The molecule has 0 bridgehead atoms. The summed E-state index contributed by atoms with van der Waals surface area (Å²) >= 11 is 0. The van der Waals surface area contributed by atoms with E-state index in [1.165, 1.54) is 0 Å². The Labute approximate surface area is 241 Å². The lowest BCUT2D eigenvalue weighted by molar-refractivity contribution is -0.128. The number of benzene rings is 3. The van der Waals surface area contributed by atoms with E-state index in [2.05, 4.69) is 16.0 Å². The number of β-amino-alcohol motifs (C(OH)–C–C–N with tert-alkyl or cyclic N) is 1. The summed E-state index contributed by atoms with van der Waals surface area (Å²) in [5.74, 6) is -0.372. The fourth-order valence-corrected chi connectivity index (χ4v) is 5.09. The number of carbonyl (C=O) groups is 3. The molecule has 9 heteroatoms. The number of nitrogens with two attached hydrogens (primary N) is 1. The third-order valence-electron chi connectivity index (χ3n) is 7.15. The van der Waals surface area contributed by atoms with Crippen LogP contribution in [0.3, 0.4) is 0 Å². The maximum atomic E-state index is 13.9. The van der Waals surface area contributed by atoms with E-state index in [1.807, 2.05) is 80.6 Å². The van der Waals surface area contributed by atoms with Crippen molar-refractivity contribution in [3.63, 3.8) is 0 Å². The molecule has 1 aliphatic rings. The predicted molar refractivity (Wildman–Crippen MR) is 161 cm³/mol. The molecule has 9 nitrogen and oxygen atoms in total. The van der Waals surface area contributed by atoms with Gasteiger partial charge in [0.05, 0.1) is 18.3 Å². The zero-order chi connectivity index (χ0) is 29.6. The van der Waals surface area contributed by atoms with Gasteiger partial charge in [-0.25, -0.2) is 4.79 Å². The largest absolute Gasteiger partial charge is 0.392 e. The Kier molecular flexibility index (Phi) is 9.42. The van der Waals surface area contributed by atoms with E-state index in [0.717, 1.165) is 27.9 Å². The maximum absolute atomic E-state index is 13.9. The molecule has 4 amide bonds. The monoisotopic (exact) mass is 557 g/mol. The first-order chi connectivity index (χ1) is 19.5. The first-order valence-corrected chi connectivity index (χ1v) is 13.9. The van der Waals surface area contributed by atoms with Crippen LogP contribution in [0.25, 0.3) is 11.1 Å². The van der Waals surface area contributed by atoms with Crippen molar-refractivity contribution in [3.8, 4) is 11.1 Å². The average molecular weight is 558 g/mol. The van der Waals surface area contributed by atoms with Crippen LogP contribution in [0.5, 0.6) is 0 Å². The van der Waals surface area contributed by atoms with Crippen molar-refractivity contribution in [2.75, 3.05) is 16.8 Å². The topological polar surface area (TPSA) is 137 Å². The van der Waals surface area contributed by atoms with Gasteiger partial charge in [0, 0.05) is 29.8 Å². The number of primary amides is 1. The summed E-state index contributed by atoms with van der Waals surface area (Å²) in [4.78, 5) is 40.1. The maximum Gasteiger partial charge on any atom is 0.316 e. The number of rotatable bonds is 10. The van der Waals surface area contributed by atoms with Crippen LogP contribution in [-0.2, 0) is 22.6 Å². The number of aliphatic hydroxyl groups is 1. The SMILES string of the molecule is C[C@@H](O)CNC(C)(C)CC(=O)N[C@@H]1CCc2ccccc2N(Cc2ccc(-c3ccccc3NC(N)=O)cc2)C1=O. The van der Waals surface area contributed by atoms with Gasteiger partial charge in [0.25, 0.3) is 0 Å². The molecule has 1 heterocycles. The van der Waals surface area contributed by atoms with E-state index >= 15 is 0 Å². The number of hydrogen-bond acceptors (Lipinski definition) is 5. The summed E-state index contributed by atoms with van der Waals surface area (Å²) in [6.07, 6.45) is 0.811. The van der Waals surface area contributed by atoms with Gasteiger partial charge in [-0.15, -0.1) is 0 Å². The molecule has 3 aromatic rings. The summed E-state index contributed by atoms with van der Waals surface area (Å²) in [6.45, 7) is 6.20. The Morgan fingerprint density at radius 2 is 1.73 bits per heavy atom. The van der Waals surface area contributed by atoms with Gasteiger partial charge < -0.3 is 31.7 Å². The highest BCUT2D eigenvalue weighted by Crippen LogP contribution is 2.31. The van der Waals surface area contributed by atoms with E-state index in [0.29, 0.717) is 31.6 Å². The summed E-state index contributed by atoms with van der Waals surface area (Å²) in [6, 6.07) is 21.8. The number of fused-ring (bicyclic) bond motifs is 1. The lowest BCUT2D eigenvalue weighted by Gasteiger charge is -2.29. The number of hydrogen-bond donors (Lipinski definition) is 5. The molecule has 0 unspecified atom stereocenters. The van der Waals surface area contributed by atoms with E-state index in [9.17, 15) is 19.5 Å². The number of carbonyl (C=O) groups excluding carboxylic acids is 3. The molecule has 4 rings (SSSR count). The Morgan fingerprint density at radius 3 is 2.44 bits per heavy atom. The molecule has 0 aromatic heterocycles. The molecule has 0 saturated heterocycles. The third kappa shape index (κ3) is 7.93. The van der Waals surface area contributed by atoms with Crippen molar-refractivity contribution >= 4 is 29.2 Å². The third-order valence-corrected chi connectivity index (χ3v) is 7.15. The van der Waals surface area contributed by atoms with Crippen molar-refractivity contribution in [2.45, 2.75) is 64.3 Å². The van der Waals surface area contributed by atoms with Crippen LogP contribution in [0, 0.1) is 0 Å². The minimum atomic E-state index is -0.659. The van der Waals surface area contributed by atoms with E-state index in [1.54, 1.807) is 17.9 Å². The number of aryl methyl sites for hydroxylation is 1. The smallest absolute Gasteiger partial charge is 0.316 e. The molecular formula is C32H39N5O4. The molecule has 6 N–H and O–H groups in total. The fourth-order valence-electron chi connectivity index (χ4n) is 5.09. The van der Waals surface area contributed by atoms with Crippen LogP contribution in [0.1, 0.15) is 44.7 Å². The van der Waals surface area contributed by atoms with Crippen LogP contribution in [0.4, 0.5) is 16.2 Å². The zero-order valence-corrected chi connectivity index (χ0v) is 23.8. The Hall–Kier alpha value is -4.21. The zero-order valence-electron chi connectivity index (χ0n) is 23.8. The molecule has 0 aliphatic carbocycles. The second-order valence-corrected chi connectivity index (χ2v) is 11.2. The second-order valence-electron chi connectivity index (χ2n) is 11.2. The summed E-state index contributed by atoms with van der Waals surface area (Å²) in [7, 11) is 0. The minimum Gasteiger partial charge on any atom is -0.392 e. The number of nitrogens with zero attached hydrogens (tertiary/aromatic N) is 1. The first-order valence-electron chi connectivity index (χ1n) is 13.9. The average Bonchev–Trinajstić information content (AvgIpc) is 3.05. The summed E-state index contributed by atoms with van der Waals surface area (Å²) < 4.78 is 0. The van der Waals surface area contributed by atoms with Crippen LogP contribution in [-0.4, -0.2) is 47.2 Å². The minimum absolute atomic E-state index is 0.155. The molecule has 0 saturated carbocycles. The van der Waals surface area contributed by atoms with Gasteiger partial charge in [-0.3, -0.25) is 9.59 Å². The number of nitrogens with one attached hydrogen (secondary N) is 3. The van der Waals surface area contributed by atoms with Crippen molar-refractivity contribution in [3.05, 3.63) is 83.9 Å². The molecule has 2 atom stereocenters. The number of para-hydroxylation sites is 2. The predicted octanol–water partition coefficient (Wildman–Crippen LogP) is 3.95. The van der Waals surface area contributed by atoms with Gasteiger partial charge in [-0.1, -0.05) is 60.7 Å². The summed E-state index contributed by atoms with van der Waals surface area (Å²) in [5.41, 5.74) is 9.97. The number of urea groups is 1. The molecule has 41 heavy (non-hydrogen) atoms. The van der Waals surface area contributed by atoms with Crippen molar-refractivity contribution in [2.24, 2.45) is 5.73 Å². The van der Waals surface area contributed by atoms with Crippen molar-refractivity contribution in [1.82, 2.24) is 10.6 Å². The van der Waals surface area contributed by atoms with Gasteiger partial charge in [-0.2, -0.15) is 0 Å². The number of anilines is 2. The molecule has 3 aromatic carbocycles. The van der Waals surface area contributed by atoms with Crippen molar-refractivity contribution in [1.29, 1.82) is 0 Å². The van der Waals surface area contributed by atoms with Crippen molar-refractivity contribution < 1.29 is 19.5 Å². The van der Waals surface area contributed by atoms with Crippen LogP contribution in [0.2, 0.25) is 0 Å². The van der Waals surface area contributed by atoms with Gasteiger partial charge >= 0.3 is 6.03 Å². The van der Waals surface area contributed by atoms with Crippen LogP contribution >= 0.6 is 0 Å². The van der Waals surface area contributed by atoms with E-state index < -0.39 is 23.7 Å². The highest BCUT2D eigenvalue weighted by molar-refractivity contribution is 6.00. The van der Waals surface area contributed by atoms with Gasteiger partial charge in [0.15, 0.2) is 0 Å². The molecule has 0 spiro atoms. The quantitative estimate of drug-likeness (QED) is 0.257. The number of aliphatic hydroxyl groups excluding tert-OH is 1. The van der Waals surface area contributed by atoms with Crippen LogP contribution in [0.15, 0.2) is 72.8 Å². The van der Waals surface area contributed by atoms with E-state index in [-0.39, 0.29) is 18.2 Å². The van der Waals surface area contributed by atoms with E-state index in [4.69, 9.17) is 5.73 Å². The first kappa shape index (κ1) is 29.8. The fraction of sp³-hybridized carbons (Fsp3) is 0.344. The lowest BCUT2D eigenvalue weighted by atomic mass is 9.99. The highest BCUT2D eigenvalue weighted by Gasteiger charge is 2.32. The Balaban J connectivity index is 1.53. The lowest BCUT2D eigenvalue weighted by Crippen LogP contribution is -2.51. The van der Waals surface area contributed by atoms with Gasteiger partial charge in [0.2, 0.25) is 11.8 Å². The summed E-state index contributed by atoms with van der Waals surface area (Å²) in [5, 5.41) is 18.4. The van der Waals surface area contributed by atoms with Gasteiger partial charge in [-0.05, 0) is 62.4 Å². The standard InChI is InChI=1S/C32H39N5O4/c1-21(38)19-34-32(2,3)18-29(39)35-27-17-16-24-8-4-7-11-28(24)37(30(27)40)20-22-12-14-23(15-13-22)25-9-5-6-10-26(25)36-31(33)41/h4-15,21,27,34,38H,16-20H2,1-3H3,(H,35,39)(H3,33,36,41)/t21-,27-/m1/s1. The molecule has 0 fully saturated rings.